The lowest BCUT2D eigenvalue weighted by molar-refractivity contribution is -0.145. The van der Waals surface area contributed by atoms with Crippen molar-refractivity contribution in [2.45, 2.75) is 24.8 Å². The number of carbonyl (C=O) groups is 1. The van der Waals surface area contributed by atoms with Gasteiger partial charge in [0.2, 0.25) is 10.0 Å². The zero-order valence-corrected chi connectivity index (χ0v) is 19.0. The first-order valence-corrected chi connectivity index (χ1v) is 11.7. The second kappa shape index (κ2) is 10.4. The summed E-state index contributed by atoms with van der Waals surface area (Å²) in [5, 5.41) is 9.78. The topological polar surface area (TPSA) is 83.9 Å². The van der Waals surface area contributed by atoms with Crippen LogP contribution >= 0.6 is 0 Å². The molecular formula is C25H27NO5S. The van der Waals surface area contributed by atoms with Gasteiger partial charge in [0, 0.05) is 13.1 Å². The maximum Gasteiger partial charge on any atom is 0.310 e. The van der Waals surface area contributed by atoms with Crippen molar-refractivity contribution in [2.75, 3.05) is 13.7 Å². The van der Waals surface area contributed by atoms with Gasteiger partial charge in [-0.25, -0.2) is 8.42 Å². The number of aromatic hydroxyl groups is 1. The number of benzene rings is 3. The van der Waals surface area contributed by atoms with Gasteiger partial charge < -0.3 is 9.84 Å². The molecule has 0 amide bonds. The molecule has 7 heteroatoms. The van der Waals surface area contributed by atoms with Crippen LogP contribution in [0.5, 0.6) is 5.75 Å². The van der Waals surface area contributed by atoms with Crippen molar-refractivity contribution in [3.8, 4) is 5.75 Å². The molecule has 32 heavy (non-hydrogen) atoms. The summed E-state index contributed by atoms with van der Waals surface area (Å²) in [6, 6.07) is 22.5. The van der Waals surface area contributed by atoms with Gasteiger partial charge in [-0.2, -0.15) is 4.31 Å². The molecule has 0 radical (unpaired) electrons. The van der Waals surface area contributed by atoms with Gasteiger partial charge in [-0.05, 0) is 48.7 Å². The van der Waals surface area contributed by atoms with Crippen molar-refractivity contribution in [1.29, 1.82) is 0 Å². The SMILES string of the molecule is COC(=O)C(Cc1cccc(O)c1)CN(Cc1ccccc1)S(=O)(=O)c1ccc(C)cc1. The van der Waals surface area contributed by atoms with Crippen LogP contribution in [0.2, 0.25) is 0 Å². The molecule has 3 rings (SSSR count). The quantitative estimate of drug-likeness (QED) is 0.497. The molecule has 0 spiro atoms. The van der Waals surface area contributed by atoms with E-state index in [2.05, 4.69) is 0 Å². The summed E-state index contributed by atoms with van der Waals surface area (Å²) < 4.78 is 33.4. The van der Waals surface area contributed by atoms with Crippen LogP contribution in [0.25, 0.3) is 0 Å². The Morgan fingerprint density at radius 3 is 2.25 bits per heavy atom. The minimum atomic E-state index is -3.88. The molecule has 0 aliphatic carbocycles. The highest BCUT2D eigenvalue weighted by Crippen LogP contribution is 2.23. The average Bonchev–Trinajstić information content (AvgIpc) is 2.78. The van der Waals surface area contributed by atoms with Crippen molar-refractivity contribution >= 4 is 16.0 Å². The van der Waals surface area contributed by atoms with Crippen molar-refractivity contribution in [3.63, 3.8) is 0 Å². The van der Waals surface area contributed by atoms with Crippen LogP contribution in [0.15, 0.2) is 83.8 Å². The standard InChI is InChI=1S/C25H27NO5S/c1-19-11-13-24(14-12-19)32(29,30)26(17-20-7-4-3-5-8-20)18-22(25(28)31-2)15-21-9-6-10-23(27)16-21/h3-14,16,22,27H,15,17-18H2,1-2H3. The van der Waals surface area contributed by atoms with Crippen LogP contribution in [-0.2, 0) is 32.5 Å². The van der Waals surface area contributed by atoms with E-state index in [1.165, 1.54) is 11.4 Å². The van der Waals surface area contributed by atoms with Gasteiger partial charge in [0.1, 0.15) is 5.75 Å². The first-order valence-electron chi connectivity index (χ1n) is 10.3. The third kappa shape index (κ3) is 5.96. The molecule has 0 aromatic heterocycles. The molecule has 3 aromatic carbocycles. The highest BCUT2D eigenvalue weighted by atomic mass is 32.2. The molecule has 6 nitrogen and oxygen atoms in total. The Morgan fingerprint density at radius 2 is 1.62 bits per heavy atom. The number of hydrogen-bond acceptors (Lipinski definition) is 5. The number of sulfonamides is 1. The number of ether oxygens (including phenoxy) is 1. The van der Waals surface area contributed by atoms with Gasteiger partial charge >= 0.3 is 5.97 Å². The van der Waals surface area contributed by atoms with Crippen LogP contribution in [0.1, 0.15) is 16.7 Å². The zero-order valence-electron chi connectivity index (χ0n) is 18.1. The normalized spacial score (nSPS) is 12.5. The van der Waals surface area contributed by atoms with E-state index in [1.807, 2.05) is 37.3 Å². The number of methoxy groups -OCH3 is 1. The van der Waals surface area contributed by atoms with E-state index >= 15 is 0 Å². The number of carbonyl (C=O) groups excluding carboxylic acids is 1. The molecule has 1 N–H and O–H groups in total. The van der Waals surface area contributed by atoms with E-state index < -0.39 is 21.9 Å². The van der Waals surface area contributed by atoms with E-state index in [9.17, 15) is 18.3 Å². The van der Waals surface area contributed by atoms with Crippen LogP contribution < -0.4 is 0 Å². The molecule has 0 aliphatic heterocycles. The van der Waals surface area contributed by atoms with Crippen LogP contribution in [0.3, 0.4) is 0 Å². The lowest BCUT2D eigenvalue weighted by atomic mass is 9.99. The Balaban J connectivity index is 1.96. The Morgan fingerprint density at radius 1 is 0.969 bits per heavy atom. The van der Waals surface area contributed by atoms with Gasteiger partial charge in [-0.3, -0.25) is 4.79 Å². The lowest BCUT2D eigenvalue weighted by Crippen LogP contribution is -2.38. The molecule has 0 aliphatic rings. The largest absolute Gasteiger partial charge is 0.508 e. The monoisotopic (exact) mass is 453 g/mol. The fourth-order valence-electron chi connectivity index (χ4n) is 3.50. The Hall–Kier alpha value is -3.16. The minimum Gasteiger partial charge on any atom is -0.508 e. The first kappa shape index (κ1) is 23.5. The molecule has 0 heterocycles. The highest BCUT2D eigenvalue weighted by molar-refractivity contribution is 7.89. The highest BCUT2D eigenvalue weighted by Gasteiger charge is 2.31. The minimum absolute atomic E-state index is 0.0621. The molecule has 0 bridgehead atoms. The number of rotatable bonds is 9. The van der Waals surface area contributed by atoms with Crippen molar-refractivity contribution in [1.82, 2.24) is 4.31 Å². The summed E-state index contributed by atoms with van der Waals surface area (Å²) >= 11 is 0. The van der Waals surface area contributed by atoms with Gasteiger partial charge in [-0.1, -0.05) is 60.2 Å². The maximum atomic E-state index is 13.5. The van der Waals surface area contributed by atoms with E-state index in [0.29, 0.717) is 5.56 Å². The third-order valence-corrected chi connectivity index (χ3v) is 7.04. The summed E-state index contributed by atoms with van der Waals surface area (Å²) in [4.78, 5) is 12.8. The summed E-state index contributed by atoms with van der Waals surface area (Å²) in [5.41, 5.74) is 2.48. The van der Waals surface area contributed by atoms with Crippen LogP contribution in [-0.4, -0.2) is 37.5 Å². The number of phenols is 1. The van der Waals surface area contributed by atoms with Gasteiger partial charge in [0.25, 0.3) is 0 Å². The number of nitrogens with zero attached hydrogens (tertiary/aromatic N) is 1. The summed E-state index contributed by atoms with van der Waals surface area (Å²) in [6.07, 6.45) is 0.232. The molecular weight excluding hydrogens is 426 g/mol. The predicted molar refractivity (Wildman–Crippen MR) is 123 cm³/mol. The fourth-order valence-corrected chi connectivity index (χ4v) is 4.97. The Labute approximate surface area is 189 Å². The molecule has 0 fully saturated rings. The van der Waals surface area contributed by atoms with E-state index in [0.717, 1.165) is 11.1 Å². The van der Waals surface area contributed by atoms with Gasteiger partial charge in [0.15, 0.2) is 0 Å². The molecule has 3 aromatic rings. The fraction of sp³-hybridized carbons (Fsp3) is 0.240. The van der Waals surface area contributed by atoms with Gasteiger partial charge in [-0.15, -0.1) is 0 Å². The van der Waals surface area contributed by atoms with E-state index in [4.69, 9.17) is 4.74 Å². The van der Waals surface area contributed by atoms with E-state index in [1.54, 1.807) is 48.5 Å². The Bertz CT molecular complexity index is 1140. The first-order chi connectivity index (χ1) is 15.3. The maximum absolute atomic E-state index is 13.5. The predicted octanol–water partition coefficient (Wildman–Crippen LogP) is 3.92. The number of hydrogen-bond donors (Lipinski definition) is 1. The van der Waals surface area contributed by atoms with Crippen molar-refractivity contribution < 1.29 is 23.1 Å². The molecule has 168 valence electrons. The number of aryl methyl sites for hydroxylation is 1. The van der Waals surface area contributed by atoms with Crippen LogP contribution in [0.4, 0.5) is 0 Å². The molecule has 0 saturated carbocycles. The molecule has 1 atom stereocenters. The third-order valence-electron chi connectivity index (χ3n) is 5.21. The zero-order chi connectivity index (χ0) is 23.1. The smallest absolute Gasteiger partial charge is 0.310 e. The van der Waals surface area contributed by atoms with Crippen molar-refractivity contribution in [2.24, 2.45) is 5.92 Å². The second-order valence-electron chi connectivity index (χ2n) is 7.69. The molecule has 1 unspecified atom stereocenters. The summed E-state index contributed by atoms with van der Waals surface area (Å²) in [6.45, 7) is 1.94. The van der Waals surface area contributed by atoms with Crippen molar-refractivity contribution in [3.05, 3.63) is 95.6 Å². The number of esters is 1. The van der Waals surface area contributed by atoms with E-state index in [-0.39, 0.29) is 30.2 Å². The van der Waals surface area contributed by atoms with Crippen LogP contribution in [0, 0.1) is 12.8 Å². The second-order valence-corrected chi connectivity index (χ2v) is 9.63. The Kier molecular flexibility index (Phi) is 7.66. The summed E-state index contributed by atoms with van der Waals surface area (Å²) in [5.74, 6) is -1.17. The lowest BCUT2D eigenvalue weighted by Gasteiger charge is -2.26. The summed E-state index contributed by atoms with van der Waals surface area (Å²) in [7, 11) is -2.59. The average molecular weight is 454 g/mol. The number of phenolic OH excluding ortho intramolecular Hbond substituents is 1. The van der Waals surface area contributed by atoms with Gasteiger partial charge in [0.05, 0.1) is 17.9 Å². The molecule has 0 saturated heterocycles.